The third-order valence-electron chi connectivity index (χ3n) is 2.59. The van der Waals surface area contributed by atoms with E-state index >= 15 is 0 Å². The van der Waals surface area contributed by atoms with Crippen molar-refractivity contribution in [2.24, 2.45) is 0 Å². The summed E-state index contributed by atoms with van der Waals surface area (Å²) in [6.07, 6.45) is 4.82. The van der Waals surface area contributed by atoms with Crippen LogP contribution in [0.4, 0.5) is 0 Å². The minimum atomic E-state index is -0.110. The third-order valence-corrected chi connectivity index (χ3v) is 3.46. The van der Waals surface area contributed by atoms with Gasteiger partial charge in [-0.25, -0.2) is 0 Å². The molecule has 0 atom stereocenters. The first-order valence-corrected chi connectivity index (χ1v) is 7.59. The summed E-state index contributed by atoms with van der Waals surface area (Å²) in [4.78, 5) is 12.5. The van der Waals surface area contributed by atoms with Crippen molar-refractivity contribution in [1.29, 1.82) is 0 Å². The standard InChI is InChI=1S/C14H23NO2S/c1-2-8-15-9-4-3-5-10-17-14(16)12-13-7-6-11-18-13/h6-7,11,15H,2-5,8-10,12H2,1H3. The Labute approximate surface area is 114 Å². The van der Waals surface area contributed by atoms with Crippen LogP contribution in [0.25, 0.3) is 0 Å². The van der Waals surface area contributed by atoms with Gasteiger partial charge in [-0.1, -0.05) is 13.0 Å². The van der Waals surface area contributed by atoms with E-state index in [1.54, 1.807) is 11.3 Å². The van der Waals surface area contributed by atoms with Gasteiger partial charge in [0, 0.05) is 4.88 Å². The van der Waals surface area contributed by atoms with E-state index in [1.165, 1.54) is 6.42 Å². The van der Waals surface area contributed by atoms with Crippen LogP contribution >= 0.6 is 11.3 Å². The molecule has 1 rings (SSSR count). The van der Waals surface area contributed by atoms with Gasteiger partial charge < -0.3 is 10.1 Å². The molecule has 0 aromatic carbocycles. The van der Waals surface area contributed by atoms with Gasteiger partial charge in [0.15, 0.2) is 0 Å². The van der Waals surface area contributed by atoms with E-state index in [0.717, 1.165) is 37.2 Å². The lowest BCUT2D eigenvalue weighted by molar-refractivity contribution is -0.142. The van der Waals surface area contributed by atoms with Gasteiger partial charge >= 0.3 is 5.97 Å². The van der Waals surface area contributed by atoms with E-state index in [9.17, 15) is 4.79 Å². The molecular weight excluding hydrogens is 246 g/mol. The topological polar surface area (TPSA) is 38.3 Å². The SMILES string of the molecule is CCCNCCCCCOC(=O)Cc1cccs1. The van der Waals surface area contributed by atoms with Gasteiger partial charge in [-0.3, -0.25) is 4.79 Å². The number of carbonyl (C=O) groups is 1. The smallest absolute Gasteiger partial charge is 0.311 e. The quantitative estimate of drug-likeness (QED) is 0.524. The highest BCUT2D eigenvalue weighted by molar-refractivity contribution is 7.10. The Balaban J connectivity index is 1.90. The van der Waals surface area contributed by atoms with Gasteiger partial charge in [0.1, 0.15) is 0 Å². The predicted molar refractivity (Wildman–Crippen MR) is 76.0 cm³/mol. The van der Waals surface area contributed by atoms with E-state index in [2.05, 4.69) is 12.2 Å². The van der Waals surface area contributed by atoms with Crippen LogP contribution in [0.2, 0.25) is 0 Å². The van der Waals surface area contributed by atoms with Crippen LogP contribution in [0.3, 0.4) is 0 Å². The van der Waals surface area contributed by atoms with E-state index in [4.69, 9.17) is 4.74 Å². The molecule has 1 aromatic heterocycles. The number of nitrogens with one attached hydrogen (secondary N) is 1. The van der Waals surface area contributed by atoms with Crippen LogP contribution in [0.1, 0.15) is 37.5 Å². The molecule has 0 saturated carbocycles. The van der Waals surface area contributed by atoms with E-state index in [-0.39, 0.29) is 5.97 Å². The molecule has 0 amide bonds. The Kier molecular flexibility index (Phi) is 8.51. The van der Waals surface area contributed by atoms with E-state index in [0.29, 0.717) is 13.0 Å². The fourth-order valence-corrected chi connectivity index (χ4v) is 2.31. The van der Waals surface area contributed by atoms with Gasteiger partial charge in [0.25, 0.3) is 0 Å². The first-order valence-electron chi connectivity index (χ1n) is 6.71. The van der Waals surface area contributed by atoms with Gasteiger partial charge in [-0.2, -0.15) is 0 Å². The summed E-state index contributed by atoms with van der Waals surface area (Å²) < 4.78 is 5.19. The van der Waals surface area contributed by atoms with Gasteiger partial charge in [0.2, 0.25) is 0 Å². The summed E-state index contributed by atoms with van der Waals surface area (Å²) in [6.45, 7) is 4.88. The van der Waals surface area contributed by atoms with Crippen LogP contribution in [0.15, 0.2) is 17.5 Å². The number of hydrogen-bond donors (Lipinski definition) is 1. The number of unbranched alkanes of at least 4 members (excludes halogenated alkanes) is 2. The minimum absolute atomic E-state index is 0.110. The number of ether oxygens (including phenoxy) is 1. The molecule has 0 radical (unpaired) electrons. The number of thiophene rings is 1. The van der Waals surface area contributed by atoms with Crippen molar-refractivity contribution in [3.63, 3.8) is 0 Å². The van der Waals surface area contributed by atoms with Crippen LogP contribution < -0.4 is 5.32 Å². The molecule has 4 heteroatoms. The Hall–Kier alpha value is -0.870. The molecule has 0 aliphatic rings. The second-order valence-electron chi connectivity index (χ2n) is 4.29. The highest BCUT2D eigenvalue weighted by atomic mass is 32.1. The lowest BCUT2D eigenvalue weighted by atomic mass is 10.2. The summed E-state index contributed by atoms with van der Waals surface area (Å²) in [5.41, 5.74) is 0. The zero-order chi connectivity index (χ0) is 13.1. The number of hydrogen-bond acceptors (Lipinski definition) is 4. The maximum absolute atomic E-state index is 11.5. The Morgan fingerprint density at radius 1 is 1.33 bits per heavy atom. The van der Waals surface area contributed by atoms with Crippen molar-refractivity contribution >= 4 is 17.3 Å². The second-order valence-corrected chi connectivity index (χ2v) is 5.32. The minimum Gasteiger partial charge on any atom is -0.465 e. The normalized spacial score (nSPS) is 10.5. The summed E-state index contributed by atoms with van der Waals surface area (Å²) in [6, 6.07) is 3.92. The Morgan fingerprint density at radius 3 is 2.94 bits per heavy atom. The molecule has 1 aromatic rings. The summed E-state index contributed by atoms with van der Waals surface area (Å²) in [5.74, 6) is -0.110. The van der Waals surface area contributed by atoms with Crippen molar-refractivity contribution in [2.45, 2.75) is 39.0 Å². The maximum Gasteiger partial charge on any atom is 0.311 e. The molecule has 18 heavy (non-hydrogen) atoms. The van der Waals surface area contributed by atoms with Crippen LogP contribution in [0.5, 0.6) is 0 Å². The zero-order valence-corrected chi connectivity index (χ0v) is 11.9. The van der Waals surface area contributed by atoms with Crippen molar-refractivity contribution < 1.29 is 9.53 Å². The molecule has 0 aliphatic carbocycles. The molecule has 0 aliphatic heterocycles. The first-order chi connectivity index (χ1) is 8.83. The third kappa shape index (κ3) is 7.45. The summed E-state index contributed by atoms with van der Waals surface area (Å²) in [5, 5.41) is 5.34. The molecule has 0 saturated heterocycles. The highest BCUT2D eigenvalue weighted by Gasteiger charge is 2.04. The zero-order valence-electron chi connectivity index (χ0n) is 11.1. The second kappa shape index (κ2) is 10.1. The van der Waals surface area contributed by atoms with Crippen molar-refractivity contribution in [1.82, 2.24) is 5.32 Å². The average molecular weight is 269 g/mol. The van der Waals surface area contributed by atoms with Crippen LogP contribution in [-0.4, -0.2) is 25.7 Å². The molecule has 1 heterocycles. The molecule has 0 spiro atoms. The number of rotatable bonds is 10. The van der Waals surface area contributed by atoms with Crippen molar-refractivity contribution in [3.8, 4) is 0 Å². The molecule has 102 valence electrons. The van der Waals surface area contributed by atoms with Gasteiger partial charge in [-0.15, -0.1) is 11.3 Å². The molecule has 0 fully saturated rings. The molecular formula is C14H23NO2S. The first kappa shape index (κ1) is 15.2. The highest BCUT2D eigenvalue weighted by Crippen LogP contribution is 2.09. The average Bonchev–Trinajstić information content (AvgIpc) is 2.85. The lowest BCUT2D eigenvalue weighted by Gasteiger charge is -2.05. The fourth-order valence-electron chi connectivity index (χ4n) is 1.62. The van der Waals surface area contributed by atoms with Crippen molar-refractivity contribution in [2.75, 3.05) is 19.7 Å². The monoisotopic (exact) mass is 269 g/mol. The fraction of sp³-hybridized carbons (Fsp3) is 0.643. The molecule has 0 unspecified atom stereocenters. The van der Waals surface area contributed by atoms with E-state index in [1.807, 2.05) is 17.5 Å². The predicted octanol–water partition coefficient (Wildman–Crippen LogP) is 3.00. The largest absolute Gasteiger partial charge is 0.465 e. The van der Waals surface area contributed by atoms with Crippen LogP contribution in [0, 0.1) is 0 Å². The van der Waals surface area contributed by atoms with E-state index < -0.39 is 0 Å². The summed E-state index contributed by atoms with van der Waals surface area (Å²) in [7, 11) is 0. The number of esters is 1. The molecule has 1 N–H and O–H groups in total. The maximum atomic E-state index is 11.5. The van der Waals surface area contributed by atoms with Crippen LogP contribution in [-0.2, 0) is 16.0 Å². The lowest BCUT2D eigenvalue weighted by Crippen LogP contribution is -2.16. The Morgan fingerprint density at radius 2 is 2.22 bits per heavy atom. The summed E-state index contributed by atoms with van der Waals surface area (Å²) >= 11 is 1.60. The van der Waals surface area contributed by atoms with Gasteiger partial charge in [0.05, 0.1) is 13.0 Å². The number of carbonyl (C=O) groups excluding carboxylic acids is 1. The molecule has 3 nitrogen and oxygen atoms in total. The van der Waals surface area contributed by atoms with Gasteiger partial charge in [-0.05, 0) is 50.2 Å². The molecule has 0 bridgehead atoms. The Bertz CT molecular complexity index is 312. The van der Waals surface area contributed by atoms with Crippen molar-refractivity contribution in [3.05, 3.63) is 22.4 Å².